The zero-order valence-electron chi connectivity index (χ0n) is 12.9. The van der Waals surface area contributed by atoms with Gasteiger partial charge in [0.15, 0.2) is 0 Å². The molecule has 23 heavy (non-hydrogen) atoms. The maximum Gasteiger partial charge on any atom is 0.387 e. The normalized spacial score (nSPS) is 15.9. The Morgan fingerprint density at radius 1 is 1.22 bits per heavy atom. The van der Waals surface area contributed by atoms with Crippen molar-refractivity contribution in [3.8, 4) is 5.75 Å². The van der Waals surface area contributed by atoms with Crippen LogP contribution in [0, 0.1) is 0 Å². The third-order valence-electron chi connectivity index (χ3n) is 3.80. The predicted molar refractivity (Wildman–Crippen MR) is 86.2 cm³/mol. The highest BCUT2D eigenvalue weighted by Gasteiger charge is 2.15. The lowest BCUT2D eigenvalue weighted by molar-refractivity contribution is -0.129. The molecule has 0 spiro atoms. The summed E-state index contributed by atoms with van der Waals surface area (Å²) in [6.07, 6.45) is 5.65. The third-order valence-corrected chi connectivity index (χ3v) is 4.10. The lowest BCUT2D eigenvalue weighted by Crippen LogP contribution is -2.37. The second-order valence-electron chi connectivity index (χ2n) is 5.53. The van der Waals surface area contributed by atoms with Crippen LogP contribution in [0.4, 0.5) is 14.5 Å². The minimum Gasteiger partial charge on any atom is -0.433 e. The van der Waals surface area contributed by atoms with Gasteiger partial charge in [-0.15, -0.1) is 0 Å². The number of carbonyl (C=O) groups is 1. The van der Waals surface area contributed by atoms with Crippen LogP contribution in [0.15, 0.2) is 18.2 Å². The van der Waals surface area contributed by atoms with Gasteiger partial charge >= 0.3 is 6.61 Å². The number of anilines is 1. The second kappa shape index (κ2) is 8.91. The van der Waals surface area contributed by atoms with E-state index in [1.54, 1.807) is 6.07 Å². The molecule has 1 saturated heterocycles. The smallest absolute Gasteiger partial charge is 0.387 e. The summed E-state index contributed by atoms with van der Waals surface area (Å²) >= 11 is 5.88. The quantitative estimate of drug-likeness (QED) is 0.871. The van der Waals surface area contributed by atoms with Gasteiger partial charge in [-0.2, -0.15) is 8.78 Å². The molecule has 7 heteroatoms. The number of hydrogen-bond acceptors (Lipinski definition) is 3. The molecule has 0 bridgehead atoms. The van der Waals surface area contributed by atoms with Gasteiger partial charge in [-0.05, 0) is 31.0 Å². The number of amides is 1. The van der Waals surface area contributed by atoms with Gasteiger partial charge in [0.2, 0.25) is 5.91 Å². The van der Waals surface area contributed by atoms with Crippen LogP contribution in [0.3, 0.4) is 0 Å². The van der Waals surface area contributed by atoms with Crippen molar-refractivity contribution in [3.05, 3.63) is 23.2 Å². The van der Waals surface area contributed by atoms with Gasteiger partial charge in [0.1, 0.15) is 5.75 Å². The Bertz CT molecular complexity index is 521. The first-order valence-corrected chi connectivity index (χ1v) is 8.20. The van der Waals surface area contributed by atoms with Gasteiger partial charge in [0.05, 0.1) is 11.6 Å². The molecular formula is C16H21ClF2N2O2. The Kier molecular flexibility index (Phi) is 6.89. The Balaban J connectivity index is 1.86. The summed E-state index contributed by atoms with van der Waals surface area (Å²) in [7, 11) is 0. The van der Waals surface area contributed by atoms with Crippen molar-refractivity contribution in [2.75, 3.05) is 25.0 Å². The summed E-state index contributed by atoms with van der Waals surface area (Å²) in [6.45, 7) is -1.17. The molecule has 0 aromatic heterocycles. The summed E-state index contributed by atoms with van der Waals surface area (Å²) in [5, 5.41) is 3.06. The highest BCUT2D eigenvalue weighted by molar-refractivity contribution is 6.32. The number of halogens is 3. The Morgan fingerprint density at radius 2 is 1.87 bits per heavy atom. The van der Waals surface area contributed by atoms with Gasteiger partial charge in [-0.1, -0.05) is 30.9 Å². The van der Waals surface area contributed by atoms with Crippen LogP contribution in [0.2, 0.25) is 5.02 Å². The van der Waals surface area contributed by atoms with Crippen LogP contribution in [-0.4, -0.2) is 37.1 Å². The van der Waals surface area contributed by atoms with E-state index in [1.165, 1.54) is 31.4 Å². The zero-order chi connectivity index (χ0) is 16.7. The van der Waals surface area contributed by atoms with E-state index in [1.807, 2.05) is 4.90 Å². The molecular weight excluding hydrogens is 326 g/mol. The van der Waals surface area contributed by atoms with Crippen molar-refractivity contribution < 1.29 is 18.3 Å². The average Bonchev–Trinajstić information content (AvgIpc) is 2.46. The number of alkyl halides is 2. The molecule has 1 aromatic rings. The monoisotopic (exact) mass is 346 g/mol. The van der Waals surface area contributed by atoms with Gasteiger partial charge in [-0.25, -0.2) is 0 Å². The summed E-state index contributed by atoms with van der Waals surface area (Å²) in [4.78, 5) is 14.1. The van der Waals surface area contributed by atoms with Crippen LogP contribution in [-0.2, 0) is 4.79 Å². The number of carbonyl (C=O) groups excluding carboxylic acids is 1. The molecule has 2 rings (SSSR count). The van der Waals surface area contributed by atoms with Crippen molar-refractivity contribution in [3.63, 3.8) is 0 Å². The first-order valence-electron chi connectivity index (χ1n) is 7.82. The fourth-order valence-electron chi connectivity index (χ4n) is 2.59. The number of hydrogen-bond donors (Lipinski definition) is 1. The first-order chi connectivity index (χ1) is 11.1. The minimum absolute atomic E-state index is 0.0379. The molecule has 0 aliphatic carbocycles. The number of nitrogens with zero attached hydrogens (tertiary/aromatic N) is 1. The van der Waals surface area contributed by atoms with Crippen molar-refractivity contribution in [2.24, 2.45) is 0 Å². The van der Waals surface area contributed by atoms with Gasteiger partial charge in [0, 0.05) is 18.8 Å². The van der Waals surface area contributed by atoms with Crippen LogP contribution in [0.1, 0.15) is 32.1 Å². The molecule has 4 nitrogen and oxygen atoms in total. The first kappa shape index (κ1) is 17.8. The second-order valence-corrected chi connectivity index (χ2v) is 5.93. The maximum absolute atomic E-state index is 12.2. The molecule has 1 aromatic carbocycles. The fraction of sp³-hybridized carbons (Fsp3) is 0.562. The Hall–Kier alpha value is -1.56. The summed E-state index contributed by atoms with van der Waals surface area (Å²) in [5.74, 6) is -0.0433. The summed E-state index contributed by atoms with van der Waals surface area (Å²) in [6, 6.07) is 4.39. The molecule has 1 fully saturated rings. The van der Waals surface area contributed by atoms with E-state index in [0.717, 1.165) is 25.9 Å². The van der Waals surface area contributed by atoms with E-state index in [9.17, 15) is 13.6 Å². The van der Waals surface area contributed by atoms with Crippen LogP contribution < -0.4 is 10.1 Å². The topological polar surface area (TPSA) is 41.6 Å². The third kappa shape index (κ3) is 5.86. The van der Waals surface area contributed by atoms with Crippen molar-refractivity contribution in [2.45, 2.75) is 38.7 Å². The van der Waals surface area contributed by atoms with Crippen molar-refractivity contribution in [1.29, 1.82) is 0 Å². The highest BCUT2D eigenvalue weighted by Crippen LogP contribution is 2.28. The van der Waals surface area contributed by atoms with E-state index in [2.05, 4.69) is 10.1 Å². The van der Waals surface area contributed by atoms with Gasteiger partial charge in [0.25, 0.3) is 0 Å². The molecule has 0 radical (unpaired) electrons. The molecule has 0 unspecified atom stereocenters. The van der Waals surface area contributed by atoms with E-state index in [-0.39, 0.29) is 23.2 Å². The van der Waals surface area contributed by atoms with Crippen LogP contribution >= 0.6 is 11.6 Å². The van der Waals surface area contributed by atoms with Gasteiger partial charge in [-0.3, -0.25) is 4.79 Å². The Labute approximate surface area is 139 Å². The average molecular weight is 347 g/mol. The zero-order valence-corrected chi connectivity index (χ0v) is 13.6. The summed E-state index contributed by atoms with van der Waals surface area (Å²) < 4.78 is 28.6. The standard InChI is InChI=1S/C16H21ClF2N2O2/c17-13-10-12(6-7-14(13)23-16(18)19)20-11-15(22)21-8-4-2-1-3-5-9-21/h6-7,10,16,20H,1-5,8-9,11H2. The van der Waals surface area contributed by atoms with E-state index < -0.39 is 6.61 Å². The van der Waals surface area contributed by atoms with E-state index in [0.29, 0.717) is 5.69 Å². The lowest BCUT2D eigenvalue weighted by atomic mass is 10.1. The molecule has 1 heterocycles. The maximum atomic E-state index is 12.2. The van der Waals surface area contributed by atoms with E-state index in [4.69, 9.17) is 11.6 Å². The van der Waals surface area contributed by atoms with Crippen LogP contribution in [0.5, 0.6) is 5.75 Å². The SMILES string of the molecule is O=C(CNc1ccc(OC(F)F)c(Cl)c1)N1CCCCCCC1. The van der Waals surface area contributed by atoms with Crippen LogP contribution in [0.25, 0.3) is 0 Å². The molecule has 1 aliphatic rings. The molecule has 1 N–H and O–H groups in total. The fourth-order valence-corrected chi connectivity index (χ4v) is 2.81. The summed E-state index contributed by atoms with van der Waals surface area (Å²) in [5.41, 5.74) is 0.594. The number of ether oxygens (including phenoxy) is 1. The number of likely N-dealkylation sites (tertiary alicyclic amines) is 1. The van der Waals surface area contributed by atoms with Crippen molar-refractivity contribution in [1.82, 2.24) is 4.90 Å². The number of rotatable bonds is 5. The van der Waals surface area contributed by atoms with E-state index >= 15 is 0 Å². The van der Waals surface area contributed by atoms with Crippen molar-refractivity contribution >= 4 is 23.2 Å². The molecule has 1 aliphatic heterocycles. The van der Waals surface area contributed by atoms with Gasteiger partial charge < -0.3 is 15.0 Å². The molecule has 128 valence electrons. The molecule has 0 atom stereocenters. The molecule has 1 amide bonds. The minimum atomic E-state index is -2.92. The largest absolute Gasteiger partial charge is 0.433 e. The number of nitrogens with one attached hydrogen (secondary N) is 1. The molecule has 0 saturated carbocycles. The lowest BCUT2D eigenvalue weighted by Gasteiger charge is -2.25. The Morgan fingerprint density at radius 3 is 2.48 bits per heavy atom. The highest BCUT2D eigenvalue weighted by atomic mass is 35.5. The number of benzene rings is 1. The predicted octanol–water partition coefficient (Wildman–Crippen LogP) is 4.15.